The summed E-state index contributed by atoms with van der Waals surface area (Å²) >= 11 is 1.14. The van der Waals surface area contributed by atoms with Gasteiger partial charge in [-0.05, 0) is 48.2 Å². The number of nitrogens with one attached hydrogen (secondary N) is 1. The van der Waals surface area contributed by atoms with E-state index in [0.29, 0.717) is 30.8 Å². The molecule has 0 saturated carbocycles. The van der Waals surface area contributed by atoms with E-state index in [1.165, 1.54) is 6.07 Å². The Bertz CT molecular complexity index is 1040. The van der Waals surface area contributed by atoms with E-state index < -0.39 is 10.0 Å². The average molecular weight is 431 g/mol. The molecular weight excluding hydrogens is 408 g/mol. The van der Waals surface area contributed by atoms with Gasteiger partial charge in [0.2, 0.25) is 0 Å². The van der Waals surface area contributed by atoms with Crippen molar-refractivity contribution < 1.29 is 17.9 Å². The summed E-state index contributed by atoms with van der Waals surface area (Å²) in [4.78, 5) is 14.3. The normalized spacial score (nSPS) is 11.1. The second kappa shape index (κ2) is 9.58. The standard InChI is InChI=1S/C21H22N2O4S2/c1-23(13-7-14-27-19-10-3-2-4-11-19)21(24)17-8-5-9-18(16-17)22-29(25,26)20-12-6-15-28-20/h2-6,8-12,15-16,22H,7,13-14H2,1H3. The molecule has 0 aliphatic heterocycles. The fourth-order valence-electron chi connectivity index (χ4n) is 2.67. The van der Waals surface area contributed by atoms with E-state index in [-0.39, 0.29) is 10.1 Å². The zero-order valence-corrected chi connectivity index (χ0v) is 17.6. The number of nitrogens with zero attached hydrogens (tertiary/aromatic N) is 1. The van der Waals surface area contributed by atoms with Crippen molar-refractivity contribution in [1.82, 2.24) is 4.90 Å². The number of hydrogen-bond donors (Lipinski definition) is 1. The first-order valence-electron chi connectivity index (χ1n) is 9.05. The zero-order valence-electron chi connectivity index (χ0n) is 15.9. The largest absolute Gasteiger partial charge is 0.494 e. The van der Waals surface area contributed by atoms with Gasteiger partial charge >= 0.3 is 0 Å². The van der Waals surface area contributed by atoms with Crippen LogP contribution in [0.15, 0.2) is 76.3 Å². The van der Waals surface area contributed by atoms with E-state index >= 15 is 0 Å². The van der Waals surface area contributed by atoms with Crippen LogP contribution in [0.4, 0.5) is 5.69 Å². The number of carbonyl (C=O) groups excluding carboxylic acids is 1. The summed E-state index contributed by atoms with van der Waals surface area (Å²) in [5.41, 5.74) is 0.771. The molecule has 0 aliphatic rings. The van der Waals surface area contributed by atoms with Gasteiger partial charge in [0.1, 0.15) is 9.96 Å². The summed E-state index contributed by atoms with van der Waals surface area (Å²) in [5, 5.41) is 1.70. The molecule has 0 radical (unpaired) electrons. The van der Waals surface area contributed by atoms with Crippen LogP contribution in [0, 0.1) is 0 Å². The van der Waals surface area contributed by atoms with Crippen LogP contribution in [0.5, 0.6) is 5.75 Å². The molecule has 0 bridgehead atoms. The van der Waals surface area contributed by atoms with E-state index in [0.717, 1.165) is 17.1 Å². The highest BCUT2D eigenvalue weighted by molar-refractivity contribution is 7.94. The maximum Gasteiger partial charge on any atom is 0.271 e. The van der Waals surface area contributed by atoms with Gasteiger partial charge in [0.05, 0.1) is 6.61 Å². The number of carbonyl (C=O) groups is 1. The van der Waals surface area contributed by atoms with Crippen molar-refractivity contribution in [3.05, 3.63) is 77.7 Å². The summed E-state index contributed by atoms with van der Waals surface area (Å²) in [6, 6.07) is 19.2. The van der Waals surface area contributed by atoms with Crippen molar-refractivity contribution >= 4 is 33.0 Å². The molecule has 6 nitrogen and oxygen atoms in total. The quantitative estimate of drug-likeness (QED) is 0.519. The number of ether oxygens (including phenoxy) is 1. The van der Waals surface area contributed by atoms with Crippen LogP contribution in [0.25, 0.3) is 0 Å². The van der Waals surface area contributed by atoms with Crippen molar-refractivity contribution in [3.8, 4) is 5.75 Å². The topological polar surface area (TPSA) is 75.7 Å². The second-order valence-electron chi connectivity index (χ2n) is 6.36. The van der Waals surface area contributed by atoms with Crippen LogP contribution in [-0.4, -0.2) is 39.4 Å². The van der Waals surface area contributed by atoms with Crippen LogP contribution < -0.4 is 9.46 Å². The SMILES string of the molecule is CN(CCCOc1ccccc1)C(=O)c1cccc(NS(=O)(=O)c2cccs2)c1. The van der Waals surface area contributed by atoms with E-state index in [1.54, 1.807) is 47.7 Å². The van der Waals surface area contributed by atoms with Crippen LogP contribution in [0.2, 0.25) is 0 Å². The summed E-state index contributed by atoms with van der Waals surface area (Å²) < 4.78 is 33.1. The van der Waals surface area contributed by atoms with Crippen molar-refractivity contribution in [2.75, 3.05) is 24.9 Å². The van der Waals surface area contributed by atoms with Gasteiger partial charge in [0.15, 0.2) is 0 Å². The minimum Gasteiger partial charge on any atom is -0.494 e. The number of rotatable bonds is 9. The first-order chi connectivity index (χ1) is 14.0. The summed E-state index contributed by atoms with van der Waals surface area (Å²) in [6.07, 6.45) is 0.682. The predicted molar refractivity (Wildman–Crippen MR) is 115 cm³/mol. The molecule has 29 heavy (non-hydrogen) atoms. The Hall–Kier alpha value is -2.84. The molecule has 2 aromatic carbocycles. The lowest BCUT2D eigenvalue weighted by atomic mass is 10.2. The number of hydrogen-bond acceptors (Lipinski definition) is 5. The third-order valence-corrected chi connectivity index (χ3v) is 6.90. The molecule has 1 aromatic heterocycles. The lowest BCUT2D eigenvalue weighted by molar-refractivity contribution is 0.0788. The minimum absolute atomic E-state index is 0.179. The lowest BCUT2D eigenvalue weighted by Crippen LogP contribution is -2.28. The number of para-hydroxylation sites is 1. The number of thiophene rings is 1. The molecule has 1 amide bonds. The Morgan fingerprint density at radius 2 is 1.86 bits per heavy atom. The van der Waals surface area contributed by atoms with Crippen LogP contribution in [-0.2, 0) is 10.0 Å². The minimum atomic E-state index is -3.65. The second-order valence-corrected chi connectivity index (χ2v) is 9.22. The average Bonchev–Trinajstić information content (AvgIpc) is 3.27. The molecule has 0 aliphatic carbocycles. The van der Waals surface area contributed by atoms with Gasteiger partial charge in [0, 0.05) is 24.8 Å². The first-order valence-corrected chi connectivity index (χ1v) is 11.4. The molecule has 0 saturated heterocycles. The fourth-order valence-corrected chi connectivity index (χ4v) is 4.71. The molecule has 8 heteroatoms. The number of amides is 1. The Balaban J connectivity index is 1.55. The number of sulfonamides is 1. The Morgan fingerprint density at radius 3 is 2.59 bits per heavy atom. The van der Waals surface area contributed by atoms with Crippen molar-refractivity contribution in [3.63, 3.8) is 0 Å². The van der Waals surface area contributed by atoms with Crippen LogP contribution >= 0.6 is 11.3 Å². The van der Waals surface area contributed by atoms with Gasteiger partial charge in [-0.25, -0.2) is 8.42 Å². The molecule has 0 fully saturated rings. The van der Waals surface area contributed by atoms with Gasteiger partial charge in [-0.1, -0.05) is 30.3 Å². The third kappa shape index (κ3) is 5.82. The predicted octanol–water partition coefficient (Wildman–Crippen LogP) is 4.09. The Morgan fingerprint density at radius 1 is 1.07 bits per heavy atom. The molecule has 3 aromatic rings. The van der Waals surface area contributed by atoms with Crippen LogP contribution in [0.1, 0.15) is 16.8 Å². The Kier molecular flexibility index (Phi) is 6.90. The first kappa shape index (κ1) is 20.9. The van der Waals surface area contributed by atoms with Gasteiger partial charge < -0.3 is 9.64 Å². The number of benzene rings is 2. The monoisotopic (exact) mass is 430 g/mol. The lowest BCUT2D eigenvalue weighted by Gasteiger charge is -2.18. The molecule has 152 valence electrons. The molecule has 3 rings (SSSR count). The van der Waals surface area contributed by atoms with Crippen LogP contribution in [0.3, 0.4) is 0 Å². The van der Waals surface area contributed by atoms with E-state index in [2.05, 4.69) is 4.72 Å². The van der Waals surface area contributed by atoms with Crippen molar-refractivity contribution in [2.45, 2.75) is 10.6 Å². The van der Waals surface area contributed by atoms with Crippen molar-refractivity contribution in [1.29, 1.82) is 0 Å². The van der Waals surface area contributed by atoms with Crippen molar-refractivity contribution in [2.24, 2.45) is 0 Å². The Labute approximate surface area is 174 Å². The molecule has 0 unspecified atom stereocenters. The molecule has 0 spiro atoms. The van der Waals surface area contributed by atoms with E-state index in [9.17, 15) is 13.2 Å². The number of anilines is 1. The maximum absolute atomic E-state index is 12.7. The third-order valence-electron chi connectivity index (χ3n) is 4.12. The highest BCUT2D eigenvalue weighted by Gasteiger charge is 2.17. The molecule has 1 N–H and O–H groups in total. The van der Waals surface area contributed by atoms with E-state index in [4.69, 9.17) is 4.74 Å². The summed E-state index contributed by atoms with van der Waals surface area (Å²) in [6.45, 7) is 1.03. The molecule has 0 atom stereocenters. The maximum atomic E-state index is 12.7. The van der Waals surface area contributed by atoms with Gasteiger partial charge in [-0.2, -0.15) is 0 Å². The highest BCUT2D eigenvalue weighted by atomic mass is 32.2. The smallest absolute Gasteiger partial charge is 0.271 e. The molecule has 1 heterocycles. The summed E-state index contributed by atoms with van der Waals surface area (Å²) in [5.74, 6) is 0.620. The molecular formula is C21H22N2O4S2. The van der Waals surface area contributed by atoms with Gasteiger partial charge in [0.25, 0.3) is 15.9 Å². The van der Waals surface area contributed by atoms with E-state index in [1.807, 2.05) is 30.3 Å². The zero-order chi connectivity index (χ0) is 20.7. The summed E-state index contributed by atoms with van der Waals surface area (Å²) in [7, 11) is -1.93. The van der Waals surface area contributed by atoms with Gasteiger partial charge in [-0.3, -0.25) is 9.52 Å². The highest BCUT2D eigenvalue weighted by Crippen LogP contribution is 2.21. The fraction of sp³-hybridized carbons (Fsp3) is 0.190. The van der Waals surface area contributed by atoms with Gasteiger partial charge in [-0.15, -0.1) is 11.3 Å².